The highest BCUT2D eigenvalue weighted by Gasteiger charge is 2.23. The van der Waals surface area contributed by atoms with Crippen LogP contribution in [0.4, 0.5) is 25.8 Å². The molecule has 26 heavy (non-hydrogen) atoms. The van der Waals surface area contributed by atoms with Gasteiger partial charge in [-0.05, 0) is 18.2 Å². The quantitative estimate of drug-likeness (QED) is 0.647. The summed E-state index contributed by atoms with van der Waals surface area (Å²) in [7, 11) is 0. The molecule has 0 bridgehead atoms. The van der Waals surface area contributed by atoms with E-state index in [0.29, 0.717) is 31.9 Å². The van der Waals surface area contributed by atoms with Gasteiger partial charge in [-0.15, -0.1) is 0 Å². The monoisotopic (exact) mass is 365 g/mol. The average molecular weight is 365 g/mol. The third-order valence-electron chi connectivity index (χ3n) is 4.20. The van der Waals surface area contributed by atoms with Gasteiger partial charge in [-0.3, -0.25) is 10.1 Å². The number of phenols is 1. The Balaban J connectivity index is 1.73. The minimum absolute atomic E-state index is 0.189. The molecule has 0 atom stereocenters. The molecule has 0 unspecified atom stereocenters. The minimum Gasteiger partial charge on any atom is -0.508 e. The molecule has 138 valence electrons. The fraction of sp³-hybridized carbons (Fsp3) is 0.294. The van der Waals surface area contributed by atoms with Gasteiger partial charge in [-0.25, -0.2) is 0 Å². The van der Waals surface area contributed by atoms with Crippen LogP contribution in [0.2, 0.25) is 0 Å². The van der Waals surface area contributed by atoms with E-state index in [-0.39, 0.29) is 5.75 Å². The van der Waals surface area contributed by atoms with Crippen molar-refractivity contribution in [2.75, 3.05) is 36.0 Å². The van der Waals surface area contributed by atoms with Crippen LogP contribution in [0.15, 0.2) is 42.5 Å². The van der Waals surface area contributed by atoms with Crippen molar-refractivity contribution in [1.82, 2.24) is 0 Å². The molecule has 1 saturated heterocycles. The molecule has 7 nitrogen and oxygen atoms in total. The molecule has 0 amide bonds. The predicted octanol–water partition coefficient (Wildman–Crippen LogP) is 3.23. The molecule has 0 spiro atoms. The highest BCUT2D eigenvalue weighted by molar-refractivity contribution is 5.60. The van der Waals surface area contributed by atoms with Crippen molar-refractivity contribution in [2.45, 2.75) is 6.61 Å². The van der Waals surface area contributed by atoms with E-state index >= 15 is 0 Å². The molecule has 1 fully saturated rings. The zero-order valence-electron chi connectivity index (χ0n) is 13.7. The maximum Gasteiger partial charge on any atom is 0.387 e. The Morgan fingerprint density at radius 2 is 1.65 bits per heavy atom. The summed E-state index contributed by atoms with van der Waals surface area (Å²) < 4.78 is 29.3. The Hall–Kier alpha value is -3.10. The summed E-state index contributed by atoms with van der Waals surface area (Å²) in [6.07, 6.45) is 0. The molecule has 1 heterocycles. The molecule has 1 aliphatic rings. The van der Waals surface area contributed by atoms with Crippen LogP contribution in [-0.2, 0) is 0 Å². The average Bonchev–Trinajstić information content (AvgIpc) is 2.61. The predicted molar refractivity (Wildman–Crippen MR) is 92.3 cm³/mol. The molecule has 9 heteroatoms. The molecule has 3 rings (SSSR count). The first kappa shape index (κ1) is 17.7. The minimum atomic E-state index is -3.13. The summed E-state index contributed by atoms with van der Waals surface area (Å²) in [4.78, 5) is 14.3. The van der Waals surface area contributed by atoms with Crippen molar-refractivity contribution in [3.8, 4) is 11.5 Å². The molecule has 0 aromatic heterocycles. The van der Waals surface area contributed by atoms with Gasteiger partial charge in [0.15, 0.2) is 0 Å². The molecule has 2 aromatic carbocycles. The standard InChI is InChI=1S/C17H17F2N3O4/c18-17(19)26-16-11-13(4-5-15(16)22(24)25)21-8-6-20(7-9-21)12-2-1-3-14(23)10-12/h1-5,10-11,17,23H,6-9H2. The summed E-state index contributed by atoms with van der Waals surface area (Å²) in [5, 5.41) is 20.5. The first-order chi connectivity index (χ1) is 12.4. The maximum absolute atomic E-state index is 12.5. The summed E-state index contributed by atoms with van der Waals surface area (Å²) in [5.74, 6) is -0.257. The van der Waals surface area contributed by atoms with E-state index in [9.17, 15) is 24.0 Å². The van der Waals surface area contributed by atoms with Gasteiger partial charge in [0, 0.05) is 55.8 Å². The number of phenolic OH excluding ortho intramolecular Hbond substituents is 1. The van der Waals surface area contributed by atoms with Crippen molar-refractivity contribution >= 4 is 17.1 Å². The Bertz CT molecular complexity index is 795. The molecular formula is C17H17F2N3O4. The van der Waals surface area contributed by atoms with Gasteiger partial charge in [-0.2, -0.15) is 8.78 Å². The number of nitrogens with zero attached hydrogens (tertiary/aromatic N) is 3. The Labute approximate surface area is 148 Å². The number of rotatable bonds is 5. The van der Waals surface area contributed by atoms with Gasteiger partial charge in [0.1, 0.15) is 5.75 Å². The Kier molecular flexibility index (Phi) is 5.06. The third-order valence-corrected chi connectivity index (χ3v) is 4.20. The van der Waals surface area contributed by atoms with Crippen LogP contribution in [-0.4, -0.2) is 42.8 Å². The SMILES string of the molecule is O=[N+]([O-])c1ccc(N2CCN(c3cccc(O)c3)CC2)cc1OC(F)F. The highest BCUT2D eigenvalue weighted by atomic mass is 19.3. The van der Waals surface area contributed by atoms with Gasteiger partial charge in [0.2, 0.25) is 5.75 Å². The number of nitro benzene ring substituents is 1. The van der Waals surface area contributed by atoms with E-state index in [0.717, 1.165) is 5.69 Å². The molecule has 0 aliphatic carbocycles. The van der Waals surface area contributed by atoms with Crippen molar-refractivity contribution < 1.29 is 23.5 Å². The first-order valence-electron chi connectivity index (χ1n) is 7.96. The van der Waals surface area contributed by atoms with Crippen molar-refractivity contribution in [1.29, 1.82) is 0 Å². The Morgan fingerprint density at radius 1 is 1.04 bits per heavy atom. The number of nitro groups is 1. The second-order valence-corrected chi connectivity index (χ2v) is 5.78. The van der Waals surface area contributed by atoms with Gasteiger partial charge < -0.3 is 19.6 Å². The van der Waals surface area contributed by atoms with Crippen LogP contribution in [0.1, 0.15) is 0 Å². The van der Waals surface area contributed by atoms with E-state index in [1.165, 1.54) is 18.2 Å². The highest BCUT2D eigenvalue weighted by Crippen LogP contribution is 2.33. The van der Waals surface area contributed by atoms with E-state index in [1.54, 1.807) is 18.2 Å². The number of hydrogen-bond acceptors (Lipinski definition) is 6. The number of anilines is 2. The van der Waals surface area contributed by atoms with Crippen LogP contribution in [0.25, 0.3) is 0 Å². The van der Waals surface area contributed by atoms with Gasteiger partial charge in [0.05, 0.1) is 4.92 Å². The van der Waals surface area contributed by atoms with Crippen LogP contribution >= 0.6 is 0 Å². The van der Waals surface area contributed by atoms with Gasteiger partial charge in [-0.1, -0.05) is 6.07 Å². The number of halogens is 2. The number of alkyl halides is 2. The number of ether oxygens (including phenoxy) is 1. The largest absolute Gasteiger partial charge is 0.508 e. The smallest absolute Gasteiger partial charge is 0.387 e. The lowest BCUT2D eigenvalue weighted by Gasteiger charge is -2.37. The molecule has 1 aliphatic heterocycles. The second kappa shape index (κ2) is 7.42. The first-order valence-corrected chi connectivity index (χ1v) is 7.96. The lowest BCUT2D eigenvalue weighted by molar-refractivity contribution is -0.386. The molecule has 1 N–H and O–H groups in total. The van der Waals surface area contributed by atoms with E-state index in [2.05, 4.69) is 9.64 Å². The number of hydrogen-bond donors (Lipinski definition) is 1. The van der Waals surface area contributed by atoms with Crippen molar-refractivity contribution in [2.24, 2.45) is 0 Å². The second-order valence-electron chi connectivity index (χ2n) is 5.78. The zero-order valence-corrected chi connectivity index (χ0v) is 13.7. The normalized spacial score (nSPS) is 14.6. The fourth-order valence-electron chi connectivity index (χ4n) is 2.95. The fourth-order valence-corrected chi connectivity index (χ4v) is 2.95. The number of piperazine rings is 1. The molecule has 0 radical (unpaired) electrons. The summed E-state index contributed by atoms with van der Waals surface area (Å²) in [6, 6.07) is 10.9. The summed E-state index contributed by atoms with van der Waals surface area (Å²) in [6.45, 7) is -0.619. The van der Waals surface area contributed by atoms with E-state index in [4.69, 9.17) is 0 Å². The van der Waals surface area contributed by atoms with E-state index < -0.39 is 23.0 Å². The lowest BCUT2D eigenvalue weighted by atomic mass is 10.2. The molecule has 0 saturated carbocycles. The molecular weight excluding hydrogens is 348 g/mol. The van der Waals surface area contributed by atoms with Crippen molar-refractivity contribution in [3.05, 3.63) is 52.6 Å². The number of benzene rings is 2. The number of aromatic hydroxyl groups is 1. The lowest BCUT2D eigenvalue weighted by Crippen LogP contribution is -2.46. The van der Waals surface area contributed by atoms with Gasteiger partial charge in [0.25, 0.3) is 0 Å². The Morgan fingerprint density at radius 3 is 2.19 bits per heavy atom. The topological polar surface area (TPSA) is 79.1 Å². The van der Waals surface area contributed by atoms with Crippen LogP contribution < -0.4 is 14.5 Å². The van der Waals surface area contributed by atoms with Gasteiger partial charge >= 0.3 is 12.3 Å². The summed E-state index contributed by atoms with van der Waals surface area (Å²) in [5.41, 5.74) is 0.990. The van der Waals surface area contributed by atoms with Crippen LogP contribution in [0, 0.1) is 10.1 Å². The summed E-state index contributed by atoms with van der Waals surface area (Å²) >= 11 is 0. The maximum atomic E-state index is 12.5. The third kappa shape index (κ3) is 3.93. The zero-order chi connectivity index (χ0) is 18.7. The van der Waals surface area contributed by atoms with Crippen LogP contribution in [0.5, 0.6) is 11.5 Å². The van der Waals surface area contributed by atoms with Crippen LogP contribution in [0.3, 0.4) is 0 Å². The molecule has 2 aromatic rings. The van der Waals surface area contributed by atoms with E-state index in [1.807, 2.05) is 11.0 Å². The van der Waals surface area contributed by atoms with Crippen molar-refractivity contribution in [3.63, 3.8) is 0 Å².